The molecular formula is C14H16N2O6. The summed E-state index contributed by atoms with van der Waals surface area (Å²) in [6.07, 6.45) is 1.43. The van der Waals surface area contributed by atoms with E-state index in [-0.39, 0.29) is 34.9 Å². The van der Waals surface area contributed by atoms with Gasteiger partial charge in [-0.3, -0.25) is 0 Å². The van der Waals surface area contributed by atoms with Crippen LogP contribution >= 0.6 is 0 Å². The molecule has 0 saturated heterocycles. The molecule has 0 spiro atoms. The largest absolute Gasteiger partial charge is 0.504 e. The van der Waals surface area contributed by atoms with E-state index in [9.17, 15) is 10.3 Å². The number of phenols is 1. The van der Waals surface area contributed by atoms with Gasteiger partial charge in [-0.2, -0.15) is 0 Å². The molecule has 118 valence electrons. The van der Waals surface area contributed by atoms with Gasteiger partial charge >= 0.3 is 0 Å². The molecule has 1 heterocycles. The van der Waals surface area contributed by atoms with E-state index in [0.29, 0.717) is 16.7 Å². The molecule has 0 saturated carbocycles. The molecule has 2 rings (SSSR count). The molecule has 2 aromatic rings. The van der Waals surface area contributed by atoms with Gasteiger partial charge in [-0.1, -0.05) is 10.3 Å². The van der Waals surface area contributed by atoms with Gasteiger partial charge in [0, 0.05) is 6.42 Å². The van der Waals surface area contributed by atoms with Crippen LogP contribution in [0.3, 0.4) is 0 Å². The van der Waals surface area contributed by atoms with Crippen molar-refractivity contribution in [3.05, 3.63) is 17.9 Å². The SMILES string of the molecule is COc1c(/C(CC(C)=NO)=N/O)c(O)c(OC)c2occc12. The maximum atomic E-state index is 10.4. The van der Waals surface area contributed by atoms with Crippen LogP contribution < -0.4 is 9.47 Å². The van der Waals surface area contributed by atoms with Crippen molar-refractivity contribution in [3.8, 4) is 17.2 Å². The molecular weight excluding hydrogens is 292 g/mol. The lowest BCUT2D eigenvalue weighted by Gasteiger charge is -2.15. The highest BCUT2D eigenvalue weighted by Crippen LogP contribution is 2.46. The Morgan fingerprint density at radius 3 is 2.41 bits per heavy atom. The molecule has 0 radical (unpaired) electrons. The van der Waals surface area contributed by atoms with Crippen LogP contribution in [0.15, 0.2) is 27.1 Å². The van der Waals surface area contributed by atoms with Crippen molar-refractivity contribution in [2.24, 2.45) is 10.3 Å². The number of methoxy groups -OCH3 is 2. The van der Waals surface area contributed by atoms with Crippen molar-refractivity contribution >= 4 is 22.4 Å². The van der Waals surface area contributed by atoms with Crippen LogP contribution in [0.4, 0.5) is 0 Å². The minimum absolute atomic E-state index is 0.00341. The summed E-state index contributed by atoms with van der Waals surface area (Å²) in [7, 11) is 2.79. The Balaban J connectivity index is 2.78. The molecule has 0 aliphatic rings. The number of phenolic OH excluding ortho intramolecular Hbond substituents is 1. The average Bonchev–Trinajstić information content (AvgIpc) is 3.00. The maximum Gasteiger partial charge on any atom is 0.205 e. The van der Waals surface area contributed by atoms with Crippen LogP contribution in [0.1, 0.15) is 18.9 Å². The number of benzene rings is 1. The number of ether oxygens (including phenoxy) is 2. The van der Waals surface area contributed by atoms with Crippen LogP contribution in [0.25, 0.3) is 11.0 Å². The lowest BCUT2D eigenvalue weighted by Crippen LogP contribution is -2.10. The Kier molecular flexibility index (Phi) is 4.40. The number of furan rings is 1. The third kappa shape index (κ3) is 2.39. The summed E-state index contributed by atoms with van der Waals surface area (Å²) in [6.45, 7) is 1.54. The van der Waals surface area contributed by atoms with E-state index in [1.807, 2.05) is 0 Å². The van der Waals surface area contributed by atoms with E-state index in [4.69, 9.17) is 19.1 Å². The fourth-order valence-corrected chi connectivity index (χ4v) is 2.25. The Hall–Kier alpha value is -2.90. The summed E-state index contributed by atoms with van der Waals surface area (Å²) in [6, 6.07) is 1.64. The average molecular weight is 308 g/mol. The first-order chi connectivity index (χ1) is 10.6. The molecule has 1 aromatic heterocycles. The third-order valence-corrected chi connectivity index (χ3v) is 3.21. The lowest BCUT2D eigenvalue weighted by atomic mass is 10.00. The number of oxime groups is 2. The molecule has 0 aliphatic heterocycles. The minimum atomic E-state index is -0.291. The number of fused-ring (bicyclic) bond motifs is 1. The van der Waals surface area contributed by atoms with Crippen LogP contribution in [-0.2, 0) is 0 Å². The molecule has 0 unspecified atom stereocenters. The van der Waals surface area contributed by atoms with Crippen molar-refractivity contribution in [3.63, 3.8) is 0 Å². The second kappa shape index (κ2) is 6.25. The number of hydrogen-bond acceptors (Lipinski definition) is 8. The molecule has 8 nitrogen and oxygen atoms in total. The highest BCUT2D eigenvalue weighted by molar-refractivity contribution is 6.17. The van der Waals surface area contributed by atoms with E-state index in [1.165, 1.54) is 20.5 Å². The predicted molar refractivity (Wildman–Crippen MR) is 78.8 cm³/mol. The number of aromatic hydroxyl groups is 1. The molecule has 1 aromatic carbocycles. The fraction of sp³-hybridized carbons (Fsp3) is 0.286. The summed E-state index contributed by atoms with van der Waals surface area (Å²) < 4.78 is 15.8. The molecule has 0 aliphatic carbocycles. The van der Waals surface area contributed by atoms with Crippen molar-refractivity contribution in [2.75, 3.05) is 14.2 Å². The van der Waals surface area contributed by atoms with Crippen molar-refractivity contribution in [1.29, 1.82) is 0 Å². The van der Waals surface area contributed by atoms with Gasteiger partial charge < -0.3 is 29.4 Å². The smallest absolute Gasteiger partial charge is 0.205 e. The Labute approximate surface area is 125 Å². The highest BCUT2D eigenvalue weighted by atomic mass is 16.5. The van der Waals surface area contributed by atoms with Crippen molar-refractivity contribution in [2.45, 2.75) is 13.3 Å². The van der Waals surface area contributed by atoms with E-state index >= 15 is 0 Å². The zero-order valence-corrected chi connectivity index (χ0v) is 12.3. The summed E-state index contributed by atoms with van der Waals surface area (Å²) >= 11 is 0. The van der Waals surface area contributed by atoms with Crippen molar-refractivity contribution < 1.29 is 29.4 Å². The van der Waals surface area contributed by atoms with Crippen LogP contribution in [-0.4, -0.2) is 41.2 Å². The molecule has 8 heteroatoms. The number of nitrogens with zero attached hydrogens (tertiary/aromatic N) is 2. The third-order valence-electron chi connectivity index (χ3n) is 3.21. The summed E-state index contributed by atoms with van der Waals surface area (Å²) in [5.74, 6) is 0.0662. The molecule has 0 amide bonds. The molecule has 0 bridgehead atoms. The summed E-state index contributed by atoms with van der Waals surface area (Å²) in [5.41, 5.74) is 0.802. The predicted octanol–water partition coefficient (Wildman–Crippen LogP) is 2.57. The van der Waals surface area contributed by atoms with Gasteiger partial charge in [0.25, 0.3) is 0 Å². The maximum absolute atomic E-state index is 10.4. The summed E-state index contributed by atoms with van der Waals surface area (Å²) in [4.78, 5) is 0. The van der Waals surface area contributed by atoms with Gasteiger partial charge in [0.15, 0.2) is 11.3 Å². The van der Waals surface area contributed by atoms with E-state index in [2.05, 4.69) is 10.3 Å². The van der Waals surface area contributed by atoms with Crippen molar-refractivity contribution in [1.82, 2.24) is 0 Å². The number of hydrogen-bond donors (Lipinski definition) is 3. The minimum Gasteiger partial charge on any atom is -0.504 e. The first kappa shape index (κ1) is 15.5. The summed E-state index contributed by atoms with van der Waals surface area (Å²) in [5, 5.41) is 35.3. The Morgan fingerprint density at radius 2 is 1.86 bits per heavy atom. The first-order valence-electron chi connectivity index (χ1n) is 6.31. The zero-order valence-electron chi connectivity index (χ0n) is 12.3. The lowest BCUT2D eigenvalue weighted by molar-refractivity contribution is 0.314. The van der Waals surface area contributed by atoms with Gasteiger partial charge in [0.1, 0.15) is 11.5 Å². The van der Waals surface area contributed by atoms with Gasteiger partial charge in [-0.25, -0.2) is 0 Å². The zero-order chi connectivity index (χ0) is 16.3. The van der Waals surface area contributed by atoms with Gasteiger partial charge in [-0.15, -0.1) is 0 Å². The Morgan fingerprint density at radius 1 is 1.18 bits per heavy atom. The van der Waals surface area contributed by atoms with Gasteiger partial charge in [0.2, 0.25) is 5.75 Å². The monoisotopic (exact) mass is 308 g/mol. The normalized spacial score (nSPS) is 12.7. The van der Waals surface area contributed by atoms with E-state index < -0.39 is 0 Å². The number of rotatable bonds is 5. The van der Waals surface area contributed by atoms with E-state index in [0.717, 1.165) is 0 Å². The molecule has 22 heavy (non-hydrogen) atoms. The standard InChI is InChI=1S/C14H16N2O6/c1-7(15-18)6-9(16-19)10-11(17)14(21-3)13-8(4-5-22-13)12(10)20-2/h4-5,17-19H,6H2,1-3H3/b15-7?,16-9+. The molecule has 3 N–H and O–H groups in total. The van der Waals surface area contributed by atoms with Crippen LogP contribution in [0, 0.1) is 0 Å². The Bertz CT molecular complexity index is 747. The highest BCUT2D eigenvalue weighted by Gasteiger charge is 2.26. The molecule has 0 atom stereocenters. The van der Waals surface area contributed by atoms with Gasteiger partial charge in [-0.05, 0) is 13.0 Å². The fourth-order valence-electron chi connectivity index (χ4n) is 2.25. The van der Waals surface area contributed by atoms with E-state index in [1.54, 1.807) is 13.0 Å². The van der Waals surface area contributed by atoms with Crippen LogP contribution in [0.2, 0.25) is 0 Å². The van der Waals surface area contributed by atoms with Gasteiger partial charge in [0.05, 0.1) is 37.1 Å². The second-order valence-electron chi connectivity index (χ2n) is 4.51. The quantitative estimate of drug-likeness (QED) is 0.444. The van der Waals surface area contributed by atoms with Crippen LogP contribution in [0.5, 0.6) is 17.2 Å². The molecule has 0 fully saturated rings. The topological polar surface area (TPSA) is 117 Å². The second-order valence-corrected chi connectivity index (χ2v) is 4.51. The first-order valence-corrected chi connectivity index (χ1v) is 6.31.